The summed E-state index contributed by atoms with van der Waals surface area (Å²) in [5, 5.41) is 10.2. The first-order valence-corrected chi connectivity index (χ1v) is 13.1. The van der Waals surface area contributed by atoms with Crippen molar-refractivity contribution < 1.29 is 9.53 Å². The molecular formula is C24H41O2Si. The molecule has 0 saturated heterocycles. The van der Waals surface area contributed by atoms with E-state index in [0.717, 1.165) is 18.4 Å². The van der Waals surface area contributed by atoms with Crippen molar-refractivity contribution in [3.8, 4) is 0 Å². The van der Waals surface area contributed by atoms with Crippen LogP contribution in [0.4, 0.5) is 0 Å². The third-order valence-corrected chi connectivity index (χ3v) is 5.42. The molecule has 0 aliphatic rings. The van der Waals surface area contributed by atoms with Gasteiger partial charge in [0.2, 0.25) is 9.04 Å². The molecule has 0 saturated carbocycles. The molecule has 0 bridgehead atoms. The van der Waals surface area contributed by atoms with Gasteiger partial charge in [-0.25, -0.2) is 0 Å². The van der Waals surface area contributed by atoms with Crippen LogP contribution in [-0.2, 0) is 4.43 Å². The van der Waals surface area contributed by atoms with Crippen LogP contribution in [0.25, 0.3) is 6.08 Å². The molecule has 0 spiro atoms. The highest BCUT2D eigenvalue weighted by molar-refractivity contribution is 6.48. The Labute approximate surface area is 169 Å². The Morgan fingerprint density at radius 2 is 1.74 bits per heavy atom. The van der Waals surface area contributed by atoms with Crippen molar-refractivity contribution in [2.24, 2.45) is 5.41 Å². The van der Waals surface area contributed by atoms with Crippen LogP contribution < -0.4 is 0 Å². The van der Waals surface area contributed by atoms with E-state index in [0.29, 0.717) is 0 Å². The van der Waals surface area contributed by atoms with E-state index in [9.17, 15) is 5.11 Å². The summed E-state index contributed by atoms with van der Waals surface area (Å²) in [7, 11) is -0.777. The minimum absolute atomic E-state index is 0.0571. The zero-order valence-corrected chi connectivity index (χ0v) is 19.4. The second kappa shape index (κ2) is 12.5. The van der Waals surface area contributed by atoms with E-state index in [-0.39, 0.29) is 17.6 Å². The first-order chi connectivity index (χ1) is 12.7. The SMILES string of the molecule is CCCCCCCCC(O)/C=C/c1cccc(C(O[Si](C)C)C(C)(C)C)c1. The molecule has 1 radical (unpaired) electrons. The smallest absolute Gasteiger partial charge is 0.205 e. The number of benzene rings is 1. The summed E-state index contributed by atoms with van der Waals surface area (Å²) in [4.78, 5) is 0. The molecule has 2 nitrogen and oxygen atoms in total. The maximum Gasteiger partial charge on any atom is 0.205 e. The van der Waals surface area contributed by atoms with Gasteiger partial charge in [0.1, 0.15) is 0 Å². The minimum Gasteiger partial charge on any atom is -0.410 e. The van der Waals surface area contributed by atoms with E-state index in [4.69, 9.17) is 4.43 Å². The summed E-state index contributed by atoms with van der Waals surface area (Å²) in [6, 6.07) is 8.55. The highest BCUT2D eigenvalue weighted by Gasteiger charge is 2.28. The predicted molar refractivity (Wildman–Crippen MR) is 120 cm³/mol. The summed E-state index contributed by atoms with van der Waals surface area (Å²) in [6.45, 7) is 13.3. The number of aliphatic hydroxyl groups excluding tert-OH is 1. The maximum absolute atomic E-state index is 10.2. The van der Waals surface area contributed by atoms with Gasteiger partial charge in [0.25, 0.3) is 0 Å². The van der Waals surface area contributed by atoms with E-state index in [1.54, 1.807) is 0 Å². The quantitative estimate of drug-likeness (QED) is 0.303. The Bertz CT molecular complexity index is 546. The van der Waals surface area contributed by atoms with Crippen LogP contribution in [0.2, 0.25) is 13.1 Å². The van der Waals surface area contributed by atoms with Gasteiger partial charge >= 0.3 is 0 Å². The first-order valence-electron chi connectivity index (χ1n) is 10.7. The van der Waals surface area contributed by atoms with Crippen LogP contribution in [0.1, 0.15) is 89.9 Å². The summed E-state index contributed by atoms with van der Waals surface area (Å²) >= 11 is 0. The first kappa shape index (κ1) is 24.1. The Balaban J connectivity index is 2.63. The molecule has 2 unspecified atom stereocenters. The van der Waals surface area contributed by atoms with Gasteiger partial charge in [-0.15, -0.1) is 0 Å². The normalized spacial score (nSPS) is 14.8. The summed E-state index contributed by atoms with van der Waals surface area (Å²) < 4.78 is 6.30. The Hall–Kier alpha value is -0.903. The maximum atomic E-state index is 10.2. The van der Waals surface area contributed by atoms with Crippen LogP contribution in [0.15, 0.2) is 30.3 Å². The average molecular weight is 390 g/mol. The molecular weight excluding hydrogens is 348 g/mol. The van der Waals surface area contributed by atoms with E-state index < -0.39 is 9.04 Å². The molecule has 27 heavy (non-hydrogen) atoms. The lowest BCUT2D eigenvalue weighted by molar-refractivity contribution is 0.0866. The second-order valence-electron chi connectivity index (χ2n) is 8.93. The van der Waals surface area contributed by atoms with Crippen LogP contribution in [0.3, 0.4) is 0 Å². The van der Waals surface area contributed by atoms with Crippen molar-refractivity contribution >= 4 is 15.1 Å². The lowest BCUT2D eigenvalue weighted by Crippen LogP contribution is -2.25. The molecule has 3 heteroatoms. The molecule has 1 aromatic rings. The summed E-state index contributed by atoms with van der Waals surface area (Å²) in [6.07, 6.45) is 12.1. The van der Waals surface area contributed by atoms with Crippen molar-refractivity contribution in [2.75, 3.05) is 0 Å². The van der Waals surface area contributed by atoms with Gasteiger partial charge in [0.05, 0.1) is 12.2 Å². The predicted octanol–water partition coefficient (Wildman–Crippen LogP) is 7.17. The van der Waals surface area contributed by atoms with Crippen LogP contribution in [0.5, 0.6) is 0 Å². The summed E-state index contributed by atoms with van der Waals surface area (Å²) in [5.74, 6) is 0. The topological polar surface area (TPSA) is 29.5 Å². The molecule has 2 atom stereocenters. The second-order valence-corrected chi connectivity index (χ2v) is 11.0. The van der Waals surface area contributed by atoms with Gasteiger partial charge in [0.15, 0.2) is 0 Å². The summed E-state index contributed by atoms with van der Waals surface area (Å²) in [5.41, 5.74) is 2.41. The lowest BCUT2D eigenvalue weighted by Gasteiger charge is -2.33. The molecule has 0 aliphatic carbocycles. The van der Waals surface area contributed by atoms with Crippen LogP contribution >= 0.6 is 0 Å². The van der Waals surface area contributed by atoms with E-state index in [1.165, 1.54) is 37.7 Å². The number of hydrogen-bond donors (Lipinski definition) is 1. The van der Waals surface area contributed by atoms with Gasteiger partial charge in [-0.05, 0) is 42.1 Å². The van der Waals surface area contributed by atoms with Crippen molar-refractivity contribution in [2.45, 2.75) is 97.9 Å². The van der Waals surface area contributed by atoms with Crippen molar-refractivity contribution in [3.05, 3.63) is 41.5 Å². The van der Waals surface area contributed by atoms with Gasteiger partial charge in [-0.2, -0.15) is 0 Å². The zero-order chi connectivity index (χ0) is 20.3. The van der Waals surface area contributed by atoms with E-state index >= 15 is 0 Å². The fourth-order valence-corrected chi connectivity index (χ4v) is 4.22. The zero-order valence-electron chi connectivity index (χ0n) is 18.4. The molecule has 0 aromatic heterocycles. The van der Waals surface area contributed by atoms with Crippen molar-refractivity contribution in [1.82, 2.24) is 0 Å². The van der Waals surface area contributed by atoms with Crippen molar-refractivity contribution in [1.29, 1.82) is 0 Å². The Morgan fingerprint density at radius 3 is 2.37 bits per heavy atom. The van der Waals surface area contributed by atoms with Gasteiger partial charge < -0.3 is 9.53 Å². The molecule has 1 aromatic carbocycles. The molecule has 0 aliphatic heterocycles. The minimum atomic E-state index is -0.777. The number of aliphatic hydroxyl groups is 1. The number of rotatable bonds is 12. The third kappa shape index (κ3) is 10.3. The van der Waals surface area contributed by atoms with Gasteiger partial charge in [-0.3, -0.25) is 0 Å². The fourth-order valence-electron chi connectivity index (χ4n) is 3.26. The van der Waals surface area contributed by atoms with Gasteiger partial charge in [-0.1, -0.05) is 96.6 Å². The highest BCUT2D eigenvalue weighted by atomic mass is 28.3. The van der Waals surface area contributed by atoms with Gasteiger partial charge in [0, 0.05) is 0 Å². The van der Waals surface area contributed by atoms with Crippen LogP contribution in [-0.4, -0.2) is 20.3 Å². The largest absolute Gasteiger partial charge is 0.410 e. The molecule has 0 heterocycles. The molecule has 1 N–H and O–H groups in total. The molecule has 1 rings (SSSR count). The number of hydrogen-bond acceptors (Lipinski definition) is 2. The molecule has 0 fully saturated rings. The monoisotopic (exact) mass is 389 g/mol. The standard InChI is InChI=1S/C24H41O2Si/c1-7-8-9-10-11-12-16-22(25)18-17-20-14-13-15-21(19-20)23(24(2,3)4)26-27(5)6/h13-15,17-19,22-23,25H,7-12,16H2,1-6H3/b18-17+. The Morgan fingerprint density at radius 1 is 1.07 bits per heavy atom. The van der Waals surface area contributed by atoms with E-state index in [2.05, 4.69) is 71.1 Å². The average Bonchev–Trinajstić information content (AvgIpc) is 2.60. The third-order valence-electron chi connectivity index (χ3n) is 4.72. The lowest BCUT2D eigenvalue weighted by atomic mass is 9.84. The Kier molecular flexibility index (Phi) is 11.2. The fraction of sp³-hybridized carbons (Fsp3) is 0.667. The van der Waals surface area contributed by atoms with E-state index in [1.807, 2.05) is 6.08 Å². The number of unbranched alkanes of at least 4 members (excludes halogenated alkanes) is 5. The molecule has 153 valence electrons. The highest BCUT2D eigenvalue weighted by Crippen LogP contribution is 2.37. The van der Waals surface area contributed by atoms with Crippen LogP contribution in [0, 0.1) is 5.41 Å². The molecule has 0 amide bonds. The van der Waals surface area contributed by atoms with Crippen molar-refractivity contribution in [3.63, 3.8) is 0 Å².